The molecule has 0 spiro atoms. The average molecular weight is 244 g/mol. The zero-order valence-electron chi connectivity index (χ0n) is 10.2. The Balaban J connectivity index is 4.04. The highest BCUT2D eigenvalue weighted by molar-refractivity contribution is 5.82. The van der Waals surface area contributed by atoms with Crippen LogP contribution in [-0.4, -0.2) is 42.9 Å². The summed E-state index contributed by atoms with van der Waals surface area (Å²) in [5, 5.41) is 13.8. The molecule has 2 atom stereocenters. The van der Waals surface area contributed by atoms with Crippen molar-refractivity contribution in [3.63, 3.8) is 0 Å². The highest BCUT2D eigenvalue weighted by Crippen LogP contribution is 1.95. The number of hydrogen-bond acceptors (Lipinski definition) is 3. The van der Waals surface area contributed by atoms with Gasteiger partial charge in [-0.15, -0.1) is 6.58 Å². The number of methoxy groups -OCH3 is 1. The van der Waals surface area contributed by atoms with Gasteiger partial charge in [-0.05, 0) is 19.8 Å². The van der Waals surface area contributed by atoms with Gasteiger partial charge in [-0.1, -0.05) is 6.08 Å². The van der Waals surface area contributed by atoms with Gasteiger partial charge >= 0.3 is 12.0 Å². The van der Waals surface area contributed by atoms with Crippen molar-refractivity contribution in [2.24, 2.45) is 0 Å². The minimum Gasteiger partial charge on any atom is -0.480 e. The Bertz CT molecular complexity index is 268. The summed E-state index contributed by atoms with van der Waals surface area (Å²) in [5.74, 6) is -1.08. The van der Waals surface area contributed by atoms with Gasteiger partial charge in [0.15, 0.2) is 0 Å². The molecular weight excluding hydrogens is 224 g/mol. The normalized spacial score (nSPS) is 13.5. The standard InChI is InChI=1S/C11H20N2O4/c1-4-5-9(10(14)15)13-11(16)12-8(2)6-7-17-3/h4,8-9H,1,5-7H2,2-3H3,(H,14,15)(H2,12,13,16). The van der Waals surface area contributed by atoms with Gasteiger partial charge < -0.3 is 20.5 Å². The number of carboxylic acid groups (broad SMARTS) is 1. The summed E-state index contributed by atoms with van der Waals surface area (Å²) in [6.45, 7) is 5.80. The molecule has 0 bridgehead atoms. The summed E-state index contributed by atoms with van der Waals surface area (Å²) < 4.78 is 4.87. The predicted molar refractivity (Wildman–Crippen MR) is 63.9 cm³/mol. The topological polar surface area (TPSA) is 87.7 Å². The third-order valence-electron chi connectivity index (χ3n) is 2.14. The highest BCUT2D eigenvalue weighted by atomic mass is 16.5. The lowest BCUT2D eigenvalue weighted by Crippen LogP contribution is -2.48. The van der Waals surface area contributed by atoms with E-state index < -0.39 is 18.0 Å². The van der Waals surface area contributed by atoms with E-state index >= 15 is 0 Å². The number of carboxylic acids is 1. The van der Waals surface area contributed by atoms with Gasteiger partial charge in [0.1, 0.15) is 6.04 Å². The van der Waals surface area contributed by atoms with Crippen LogP contribution in [0.1, 0.15) is 19.8 Å². The van der Waals surface area contributed by atoms with Crippen LogP contribution in [0.3, 0.4) is 0 Å². The first-order valence-corrected chi connectivity index (χ1v) is 5.41. The van der Waals surface area contributed by atoms with Gasteiger partial charge in [0.05, 0.1) is 0 Å². The van der Waals surface area contributed by atoms with Crippen molar-refractivity contribution in [2.45, 2.75) is 31.8 Å². The van der Waals surface area contributed by atoms with Crippen molar-refractivity contribution in [1.82, 2.24) is 10.6 Å². The van der Waals surface area contributed by atoms with Crippen LogP contribution in [0.25, 0.3) is 0 Å². The number of ether oxygens (including phenoxy) is 1. The van der Waals surface area contributed by atoms with E-state index in [4.69, 9.17) is 9.84 Å². The van der Waals surface area contributed by atoms with E-state index in [1.54, 1.807) is 7.11 Å². The fraction of sp³-hybridized carbons (Fsp3) is 0.636. The maximum Gasteiger partial charge on any atom is 0.326 e. The number of aliphatic carboxylic acids is 1. The van der Waals surface area contributed by atoms with Crippen LogP contribution in [0.2, 0.25) is 0 Å². The van der Waals surface area contributed by atoms with E-state index in [9.17, 15) is 9.59 Å². The minimum absolute atomic E-state index is 0.0758. The van der Waals surface area contributed by atoms with Gasteiger partial charge in [0.2, 0.25) is 0 Å². The predicted octanol–water partition coefficient (Wildman–Crippen LogP) is 0.740. The molecule has 0 aliphatic rings. The molecular formula is C11H20N2O4. The molecule has 0 heterocycles. The Labute approximate surface area is 101 Å². The average Bonchev–Trinajstić information content (AvgIpc) is 2.25. The lowest BCUT2D eigenvalue weighted by Gasteiger charge is -2.17. The second-order valence-electron chi connectivity index (χ2n) is 3.72. The largest absolute Gasteiger partial charge is 0.480 e. The van der Waals surface area contributed by atoms with Crippen LogP contribution in [0.5, 0.6) is 0 Å². The third-order valence-corrected chi connectivity index (χ3v) is 2.14. The molecule has 0 rings (SSSR count). The van der Waals surface area contributed by atoms with Crippen molar-refractivity contribution in [3.8, 4) is 0 Å². The molecule has 17 heavy (non-hydrogen) atoms. The van der Waals surface area contributed by atoms with Gasteiger partial charge in [0.25, 0.3) is 0 Å². The molecule has 2 amide bonds. The minimum atomic E-state index is -1.08. The first-order chi connectivity index (χ1) is 8.01. The zero-order valence-corrected chi connectivity index (χ0v) is 10.2. The van der Waals surface area contributed by atoms with Crippen molar-refractivity contribution in [3.05, 3.63) is 12.7 Å². The van der Waals surface area contributed by atoms with Crippen LogP contribution >= 0.6 is 0 Å². The molecule has 0 aromatic rings. The molecule has 0 aromatic heterocycles. The summed E-state index contributed by atoms with van der Waals surface area (Å²) in [5.41, 5.74) is 0. The molecule has 0 saturated heterocycles. The number of carbonyl (C=O) groups excluding carboxylic acids is 1. The number of amides is 2. The van der Waals surface area contributed by atoms with E-state index in [0.717, 1.165) is 0 Å². The van der Waals surface area contributed by atoms with Gasteiger partial charge in [0, 0.05) is 19.8 Å². The second-order valence-corrected chi connectivity index (χ2v) is 3.72. The summed E-state index contributed by atoms with van der Waals surface area (Å²) in [4.78, 5) is 22.2. The number of hydrogen-bond donors (Lipinski definition) is 3. The summed E-state index contributed by atoms with van der Waals surface area (Å²) in [6.07, 6.45) is 2.31. The number of nitrogens with one attached hydrogen (secondary N) is 2. The maximum absolute atomic E-state index is 11.4. The molecule has 2 unspecified atom stereocenters. The maximum atomic E-state index is 11.4. The molecule has 0 fully saturated rings. The zero-order chi connectivity index (χ0) is 13.3. The molecule has 0 aromatic carbocycles. The molecule has 0 aliphatic carbocycles. The van der Waals surface area contributed by atoms with E-state index in [0.29, 0.717) is 13.0 Å². The van der Waals surface area contributed by atoms with E-state index in [1.807, 2.05) is 6.92 Å². The Morgan fingerprint density at radius 2 is 2.12 bits per heavy atom. The van der Waals surface area contributed by atoms with Crippen molar-refractivity contribution in [2.75, 3.05) is 13.7 Å². The number of rotatable bonds is 8. The van der Waals surface area contributed by atoms with Crippen LogP contribution in [0.15, 0.2) is 12.7 Å². The summed E-state index contributed by atoms with van der Waals surface area (Å²) in [7, 11) is 1.58. The fourth-order valence-corrected chi connectivity index (χ4v) is 1.18. The Morgan fingerprint density at radius 3 is 2.59 bits per heavy atom. The molecule has 6 heteroatoms. The van der Waals surface area contributed by atoms with Crippen LogP contribution in [-0.2, 0) is 9.53 Å². The fourth-order valence-electron chi connectivity index (χ4n) is 1.18. The first-order valence-electron chi connectivity index (χ1n) is 5.41. The molecule has 0 aliphatic heterocycles. The first kappa shape index (κ1) is 15.4. The Morgan fingerprint density at radius 1 is 1.47 bits per heavy atom. The molecule has 3 N–H and O–H groups in total. The van der Waals surface area contributed by atoms with E-state index in [-0.39, 0.29) is 12.5 Å². The van der Waals surface area contributed by atoms with Crippen molar-refractivity contribution >= 4 is 12.0 Å². The smallest absolute Gasteiger partial charge is 0.326 e. The van der Waals surface area contributed by atoms with Gasteiger partial charge in [-0.2, -0.15) is 0 Å². The summed E-state index contributed by atoms with van der Waals surface area (Å²) in [6, 6.07) is -1.52. The summed E-state index contributed by atoms with van der Waals surface area (Å²) >= 11 is 0. The quantitative estimate of drug-likeness (QED) is 0.549. The van der Waals surface area contributed by atoms with Crippen molar-refractivity contribution < 1.29 is 19.4 Å². The third kappa shape index (κ3) is 7.35. The Kier molecular flexibility index (Phi) is 7.79. The molecule has 6 nitrogen and oxygen atoms in total. The van der Waals surface area contributed by atoms with E-state index in [1.165, 1.54) is 6.08 Å². The lowest BCUT2D eigenvalue weighted by atomic mass is 10.2. The molecule has 0 saturated carbocycles. The highest BCUT2D eigenvalue weighted by Gasteiger charge is 2.18. The monoisotopic (exact) mass is 244 g/mol. The van der Waals surface area contributed by atoms with Crippen LogP contribution in [0.4, 0.5) is 4.79 Å². The lowest BCUT2D eigenvalue weighted by molar-refractivity contribution is -0.139. The van der Waals surface area contributed by atoms with Crippen molar-refractivity contribution in [1.29, 1.82) is 0 Å². The van der Waals surface area contributed by atoms with Crippen LogP contribution < -0.4 is 10.6 Å². The molecule has 98 valence electrons. The second kappa shape index (κ2) is 8.58. The molecule has 0 radical (unpaired) electrons. The SMILES string of the molecule is C=CCC(NC(=O)NC(C)CCOC)C(=O)O. The van der Waals surface area contributed by atoms with Gasteiger partial charge in [-0.3, -0.25) is 0 Å². The van der Waals surface area contributed by atoms with E-state index in [2.05, 4.69) is 17.2 Å². The Hall–Kier alpha value is -1.56. The number of carbonyl (C=O) groups is 2. The number of urea groups is 1. The van der Waals surface area contributed by atoms with Gasteiger partial charge in [-0.25, -0.2) is 9.59 Å². The van der Waals surface area contributed by atoms with Crippen LogP contribution in [0, 0.1) is 0 Å².